The van der Waals surface area contributed by atoms with Crippen LogP contribution in [0.3, 0.4) is 0 Å². The zero-order chi connectivity index (χ0) is 16.2. The maximum absolute atomic E-state index is 12.1. The Hall–Kier alpha value is -1.08. The van der Waals surface area contributed by atoms with E-state index in [1.165, 1.54) is 0 Å². The van der Waals surface area contributed by atoms with Gasteiger partial charge in [0.25, 0.3) is 0 Å². The molecule has 0 fully saturated rings. The molecule has 2 amide bonds. The van der Waals surface area contributed by atoms with Gasteiger partial charge in [0.15, 0.2) is 0 Å². The molecule has 0 aromatic heterocycles. The van der Waals surface area contributed by atoms with E-state index in [1.807, 2.05) is 19.1 Å². The summed E-state index contributed by atoms with van der Waals surface area (Å²) >= 11 is 6.76. The number of aliphatic carboxylic acids is 1. The lowest BCUT2D eigenvalue weighted by Crippen LogP contribution is -2.55. The van der Waals surface area contributed by atoms with Crippen LogP contribution in [0.4, 0.5) is 10.5 Å². The van der Waals surface area contributed by atoms with Crippen molar-refractivity contribution in [1.29, 1.82) is 0 Å². The van der Waals surface area contributed by atoms with Crippen LogP contribution in [0.25, 0.3) is 0 Å². The molecule has 0 aliphatic carbocycles. The third kappa shape index (κ3) is 4.20. The van der Waals surface area contributed by atoms with Gasteiger partial charge in [0.2, 0.25) is 0 Å². The number of anilines is 1. The molecule has 0 saturated heterocycles. The maximum Gasteiger partial charge on any atom is 0.329 e. The summed E-state index contributed by atoms with van der Waals surface area (Å²) < 4.78 is 1.44. The molecule has 1 rings (SSSR count). The second-order valence-electron chi connectivity index (χ2n) is 4.78. The monoisotopic (exact) mass is 420 g/mol. The first-order chi connectivity index (χ1) is 9.75. The van der Waals surface area contributed by atoms with Gasteiger partial charge in [-0.25, -0.2) is 9.59 Å². The predicted octanol–water partition coefficient (Wildman–Crippen LogP) is 4.28. The zero-order valence-electron chi connectivity index (χ0n) is 12.1. The first kappa shape index (κ1) is 18.0. The molecule has 3 N–H and O–H groups in total. The molecule has 0 spiro atoms. The lowest BCUT2D eigenvalue weighted by Gasteiger charge is -2.28. The molecule has 116 valence electrons. The van der Waals surface area contributed by atoms with Crippen LogP contribution in [0.2, 0.25) is 0 Å². The number of urea groups is 1. The number of carboxylic acids is 1. The number of halogens is 2. The zero-order valence-corrected chi connectivity index (χ0v) is 15.3. The highest BCUT2D eigenvalue weighted by Gasteiger charge is 2.36. The van der Waals surface area contributed by atoms with Crippen molar-refractivity contribution in [2.75, 3.05) is 5.32 Å². The summed E-state index contributed by atoms with van der Waals surface area (Å²) in [4.78, 5) is 23.5. The van der Waals surface area contributed by atoms with Crippen molar-refractivity contribution in [3.63, 3.8) is 0 Å². The van der Waals surface area contributed by atoms with Gasteiger partial charge in [-0.3, -0.25) is 0 Å². The number of hydrogen-bond acceptors (Lipinski definition) is 2. The Morgan fingerprint density at radius 3 is 2.05 bits per heavy atom. The van der Waals surface area contributed by atoms with E-state index < -0.39 is 17.5 Å². The van der Waals surface area contributed by atoms with Crippen LogP contribution in [0.15, 0.2) is 21.1 Å². The molecule has 21 heavy (non-hydrogen) atoms. The van der Waals surface area contributed by atoms with Crippen LogP contribution < -0.4 is 10.6 Å². The Morgan fingerprint density at radius 2 is 1.67 bits per heavy atom. The van der Waals surface area contributed by atoms with Gasteiger partial charge in [-0.05, 0) is 69.3 Å². The van der Waals surface area contributed by atoms with E-state index >= 15 is 0 Å². The molecular formula is C14H18Br2N2O3. The average molecular weight is 422 g/mol. The molecule has 1 aromatic rings. The minimum absolute atomic E-state index is 0.308. The summed E-state index contributed by atoms with van der Waals surface area (Å²) in [5, 5.41) is 14.6. The van der Waals surface area contributed by atoms with Crippen LogP contribution >= 0.6 is 31.9 Å². The van der Waals surface area contributed by atoms with Gasteiger partial charge < -0.3 is 15.7 Å². The van der Waals surface area contributed by atoms with Crippen molar-refractivity contribution in [3.8, 4) is 0 Å². The van der Waals surface area contributed by atoms with Gasteiger partial charge in [-0.2, -0.15) is 0 Å². The number of amides is 2. The van der Waals surface area contributed by atoms with Gasteiger partial charge in [-0.1, -0.05) is 13.8 Å². The number of nitrogens with one attached hydrogen (secondary N) is 2. The number of carboxylic acid groups (broad SMARTS) is 1. The van der Waals surface area contributed by atoms with Crippen molar-refractivity contribution in [3.05, 3.63) is 26.6 Å². The summed E-state index contributed by atoms with van der Waals surface area (Å²) in [6.07, 6.45) is 0.616. The second kappa shape index (κ2) is 7.26. The predicted molar refractivity (Wildman–Crippen MR) is 89.7 cm³/mol. The van der Waals surface area contributed by atoms with Crippen LogP contribution in [0.5, 0.6) is 0 Å². The van der Waals surface area contributed by atoms with Crippen molar-refractivity contribution in [1.82, 2.24) is 5.32 Å². The van der Waals surface area contributed by atoms with E-state index in [1.54, 1.807) is 13.8 Å². The topological polar surface area (TPSA) is 78.4 Å². The maximum atomic E-state index is 12.1. The van der Waals surface area contributed by atoms with Crippen LogP contribution in [0, 0.1) is 6.92 Å². The summed E-state index contributed by atoms with van der Waals surface area (Å²) in [5.41, 5.74) is 0.333. The van der Waals surface area contributed by atoms with Crippen molar-refractivity contribution in [2.24, 2.45) is 0 Å². The van der Waals surface area contributed by atoms with Crippen molar-refractivity contribution < 1.29 is 14.7 Å². The van der Waals surface area contributed by atoms with E-state index in [0.717, 1.165) is 14.5 Å². The quantitative estimate of drug-likeness (QED) is 0.663. The lowest BCUT2D eigenvalue weighted by atomic mass is 9.93. The number of benzene rings is 1. The fourth-order valence-electron chi connectivity index (χ4n) is 1.96. The fourth-order valence-corrected chi connectivity index (χ4v) is 3.58. The summed E-state index contributed by atoms with van der Waals surface area (Å²) in [5.74, 6) is -1.04. The van der Waals surface area contributed by atoms with Crippen LogP contribution in [-0.2, 0) is 4.79 Å². The molecular weight excluding hydrogens is 404 g/mol. The van der Waals surface area contributed by atoms with E-state index in [9.17, 15) is 14.7 Å². The van der Waals surface area contributed by atoms with E-state index in [0.29, 0.717) is 18.5 Å². The van der Waals surface area contributed by atoms with E-state index in [2.05, 4.69) is 42.5 Å². The molecule has 0 aliphatic heterocycles. The molecule has 0 heterocycles. The average Bonchev–Trinajstić information content (AvgIpc) is 2.40. The highest BCUT2D eigenvalue weighted by molar-refractivity contribution is 9.11. The standard InChI is InChI=1S/C14H18Br2N2O3/c1-4-14(5-2,12(19)20)18-13(21)17-11-9(15)6-8(3)7-10(11)16/h6-7H,4-5H2,1-3H3,(H,19,20)(H2,17,18,21). The molecule has 0 aliphatic rings. The Kier molecular flexibility index (Phi) is 6.22. The van der Waals surface area contributed by atoms with Gasteiger partial charge in [0.05, 0.1) is 5.69 Å². The Balaban J connectivity index is 2.95. The molecule has 0 bridgehead atoms. The Morgan fingerprint density at radius 1 is 1.19 bits per heavy atom. The van der Waals surface area contributed by atoms with Gasteiger partial charge in [-0.15, -0.1) is 0 Å². The smallest absolute Gasteiger partial charge is 0.329 e. The molecule has 0 radical (unpaired) electrons. The normalized spacial score (nSPS) is 11.1. The van der Waals surface area contributed by atoms with Gasteiger partial charge in [0.1, 0.15) is 5.54 Å². The number of aryl methyl sites for hydroxylation is 1. The minimum Gasteiger partial charge on any atom is -0.480 e. The fraction of sp³-hybridized carbons (Fsp3) is 0.429. The second-order valence-corrected chi connectivity index (χ2v) is 6.49. The summed E-state index contributed by atoms with van der Waals surface area (Å²) in [6, 6.07) is 3.18. The van der Waals surface area contributed by atoms with E-state index in [-0.39, 0.29) is 0 Å². The first-order valence-corrected chi connectivity index (χ1v) is 8.12. The molecule has 0 saturated carbocycles. The van der Waals surface area contributed by atoms with Crippen LogP contribution in [0.1, 0.15) is 32.3 Å². The summed E-state index contributed by atoms with van der Waals surface area (Å²) in [7, 11) is 0. The largest absolute Gasteiger partial charge is 0.480 e. The third-order valence-electron chi connectivity index (χ3n) is 3.39. The highest BCUT2D eigenvalue weighted by atomic mass is 79.9. The lowest BCUT2D eigenvalue weighted by molar-refractivity contribution is -0.144. The first-order valence-electron chi connectivity index (χ1n) is 6.54. The number of carbonyl (C=O) groups is 2. The molecule has 0 unspecified atom stereocenters. The van der Waals surface area contributed by atoms with Gasteiger partial charge in [0, 0.05) is 8.95 Å². The molecule has 0 atom stereocenters. The summed E-state index contributed by atoms with van der Waals surface area (Å²) in [6.45, 7) is 5.40. The highest BCUT2D eigenvalue weighted by Crippen LogP contribution is 2.32. The number of rotatable bonds is 5. The van der Waals surface area contributed by atoms with Crippen molar-refractivity contribution in [2.45, 2.75) is 39.2 Å². The Labute approximate surface area is 140 Å². The minimum atomic E-state index is -1.26. The van der Waals surface area contributed by atoms with Gasteiger partial charge >= 0.3 is 12.0 Å². The number of hydrogen-bond donors (Lipinski definition) is 3. The Bertz CT molecular complexity index is 534. The number of carbonyl (C=O) groups excluding carboxylic acids is 1. The SMILES string of the molecule is CCC(CC)(NC(=O)Nc1c(Br)cc(C)cc1Br)C(=O)O. The molecule has 5 nitrogen and oxygen atoms in total. The van der Waals surface area contributed by atoms with Crippen LogP contribution in [-0.4, -0.2) is 22.6 Å². The molecule has 1 aromatic carbocycles. The van der Waals surface area contributed by atoms with E-state index in [4.69, 9.17) is 0 Å². The van der Waals surface area contributed by atoms with Crippen molar-refractivity contribution >= 4 is 49.5 Å². The molecule has 7 heteroatoms. The third-order valence-corrected chi connectivity index (χ3v) is 4.65.